The molecule has 2 rings (SSSR count). The third kappa shape index (κ3) is 2.22. The summed E-state index contributed by atoms with van der Waals surface area (Å²) in [5, 5.41) is 0. The largest absolute Gasteiger partial charge is 0.496 e. The van der Waals surface area contributed by atoms with Gasteiger partial charge in [0, 0.05) is 17.2 Å². The van der Waals surface area contributed by atoms with Crippen LogP contribution in [0.15, 0.2) is 17.1 Å². The molecule has 19 heavy (non-hydrogen) atoms. The van der Waals surface area contributed by atoms with Gasteiger partial charge in [-0.3, -0.25) is 0 Å². The second-order valence-corrected chi connectivity index (χ2v) is 4.59. The number of carbonyl (C=O) groups excluding carboxylic acids is 1. The second kappa shape index (κ2) is 5.41. The first-order valence-corrected chi connectivity index (χ1v) is 6.11. The summed E-state index contributed by atoms with van der Waals surface area (Å²) in [6.45, 7) is -0.638. The SMILES string of the molecule is COc1cc(OC)c(C2(N=C=O)CCC2)cc1CF. The number of aliphatic imine (C=N–C) groups is 1. The first kappa shape index (κ1) is 13.6. The van der Waals surface area contributed by atoms with Gasteiger partial charge in [0.25, 0.3) is 0 Å². The highest BCUT2D eigenvalue weighted by atomic mass is 19.1. The summed E-state index contributed by atoms with van der Waals surface area (Å²) in [6, 6.07) is 3.32. The van der Waals surface area contributed by atoms with E-state index in [0.29, 0.717) is 17.1 Å². The molecule has 0 spiro atoms. The molecule has 0 N–H and O–H groups in total. The minimum absolute atomic E-state index is 0.436. The summed E-state index contributed by atoms with van der Waals surface area (Å²) in [5.74, 6) is 1.00. The smallest absolute Gasteiger partial charge is 0.235 e. The predicted octanol–water partition coefficient (Wildman–Crippen LogP) is 2.89. The summed E-state index contributed by atoms with van der Waals surface area (Å²) in [5.41, 5.74) is 0.562. The van der Waals surface area contributed by atoms with Crippen LogP contribution in [0, 0.1) is 0 Å². The molecule has 5 heteroatoms. The summed E-state index contributed by atoms with van der Waals surface area (Å²) < 4.78 is 23.5. The predicted molar refractivity (Wildman–Crippen MR) is 68.0 cm³/mol. The molecule has 4 nitrogen and oxygen atoms in total. The maximum atomic E-state index is 13.1. The van der Waals surface area contributed by atoms with Crippen molar-refractivity contribution in [1.82, 2.24) is 0 Å². The van der Waals surface area contributed by atoms with E-state index >= 15 is 0 Å². The first-order chi connectivity index (χ1) is 9.20. The van der Waals surface area contributed by atoms with Gasteiger partial charge in [-0.15, -0.1) is 0 Å². The van der Waals surface area contributed by atoms with Crippen LogP contribution in [-0.4, -0.2) is 20.3 Å². The quantitative estimate of drug-likeness (QED) is 0.607. The third-order valence-corrected chi connectivity index (χ3v) is 3.69. The standard InChI is InChI=1S/C14H16FNO3/c1-18-12-7-13(19-2)11(6-10(12)8-15)14(16-9-17)4-3-5-14/h6-7H,3-5,8H2,1-2H3. The number of benzene rings is 1. The average molecular weight is 265 g/mol. The first-order valence-electron chi connectivity index (χ1n) is 6.11. The fourth-order valence-electron chi connectivity index (χ4n) is 2.47. The van der Waals surface area contributed by atoms with Gasteiger partial charge in [-0.05, 0) is 25.3 Å². The average Bonchev–Trinajstić information content (AvgIpc) is 2.41. The monoisotopic (exact) mass is 265 g/mol. The van der Waals surface area contributed by atoms with E-state index in [4.69, 9.17) is 9.47 Å². The number of ether oxygens (including phenoxy) is 2. The number of nitrogens with zero attached hydrogens (tertiary/aromatic N) is 1. The van der Waals surface area contributed by atoms with Crippen LogP contribution in [0.5, 0.6) is 11.5 Å². The van der Waals surface area contributed by atoms with Crippen molar-refractivity contribution >= 4 is 6.08 Å². The van der Waals surface area contributed by atoms with E-state index in [9.17, 15) is 9.18 Å². The Labute approximate surface area is 111 Å². The van der Waals surface area contributed by atoms with Crippen LogP contribution < -0.4 is 9.47 Å². The minimum atomic E-state index is -0.638. The van der Waals surface area contributed by atoms with Crippen LogP contribution in [0.3, 0.4) is 0 Å². The molecule has 0 heterocycles. The number of methoxy groups -OCH3 is 2. The fourth-order valence-corrected chi connectivity index (χ4v) is 2.47. The minimum Gasteiger partial charge on any atom is -0.496 e. The zero-order valence-corrected chi connectivity index (χ0v) is 11.0. The summed E-state index contributed by atoms with van der Waals surface area (Å²) in [6.07, 6.45) is 4.09. The van der Waals surface area contributed by atoms with Crippen molar-refractivity contribution in [3.63, 3.8) is 0 Å². The molecule has 0 unspecified atom stereocenters. The van der Waals surface area contributed by atoms with Crippen LogP contribution in [0.4, 0.5) is 4.39 Å². The molecular weight excluding hydrogens is 249 g/mol. The number of hydrogen-bond acceptors (Lipinski definition) is 4. The van der Waals surface area contributed by atoms with E-state index in [-0.39, 0.29) is 0 Å². The van der Waals surface area contributed by atoms with Crippen LogP contribution >= 0.6 is 0 Å². The lowest BCUT2D eigenvalue weighted by Gasteiger charge is -2.38. The van der Waals surface area contributed by atoms with E-state index in [1.54, 1.807) is 18.2 Å². The van der Waals surface area contributed by atoms with E-state index < -0.39 is 12.2 Å². The highest BCUT2D eigenvalue weighted by molar-refractivity contribution is 5.52. The maximum Gasteiger partial charge on any atom is 0.235 e. The molecule has 0 amide bonds. The molecule has 1 aromatic carbocycles. The number of isocyanates is 1. The molecular formula is C14H16FNO3. The van der Waals surface area contributed by atoms with Gasteiger partial charge in [0.1, 0.15) is 23.7 Å². The number of halogens is 1. The highest BCUT2D eigenvalue weighted by Crippen LogP contribution is 2.49. The highest BCUT2D eigenvalue weighted by Gasteiger charge is 2.41. The fraction of sp³-hybridized carbons (Fsp3) is 0.500. The van der Waals surface area contributed by atoms with Crippen LogP contribution in [0.25, 0.3) is 0 Å². The van der Waals surface area contributed by atoms with Crippen LogP contribution in [-0.2, 0) is 17.0 Å². The summed E-state index contributed by atoms with van der Waals surface area (Å²) in [4.78, 5) is 14.6. The van der Waals surface area contributed by atoms with Gasteiger partial charge in [-0.25, -0.2) is 9.18 Å². The van der Waals surface area contributed by atoms with Gasteiger partial charge in [0.2, 0.25) is 6.08 Å². The van der Waals surface area contributed by atoms with E-state index in [1.165, 1.54) is 14.2 Å². The molecule has 1 aromatic rings. The summed E-state index contributed by atoms with van der Waals surface area (Å²) in [7, 11) is 3.01. The number of alkyl halides is 1. The Balaban J connectivity index is 2.58. The van der Waals surface area contributed by atoms with Crippen molar-refractivity contribution < 1.29 is 18.7 Å². The van der Waals surface area contributed by atoms with Gasteiger partial charge in [0.15, 0.2) is 0 Å². The zero-order valence-electron chi connectivity index (χ0n) is 11.0. The zero-order chi connectivity index (χ0) is 13.9. The van der Waals surface area contributed by atoms with Crippen molar-refractivity contribution in [2.75, 3.05) is 14.2 Å². The Hall–Kier alpha value is -1.87. The van der Waals surface area contributed by atoms with Gasteiger partial charge in [-0.1, -0.05) is 0 Å². The Kier molecular flexibility index (Phi) is 3.86. The molecule has 1 aliphatic rings. The van der Waals surface area contributed by atoms with Crippen LogP contribution in [0.1, 0.15) is 30.4 Å². The van der Waals surface area contributed by atoms with E-state index in [1.807, 2.05) is 0 Å². The van der Waals surface area contributed by atoms with Gasteiger partial charge in [-0.2, -0.15) is 4.99 Å². The normalized spacial score (nSPS) is 16.2. The van der Waals surface area contributed by atoms with Gasteiger partial charge >= 0.3 is 0 Å². The maximum absolute atomic E-state index is 13.1. The van der Waals surface area contributed by atoms with Crippen LogP contribution in [0.2, 0.25) is 0 Å². The molecule has 0 atom stereocenters. The molecule has 0 aliphatic heterocycles. The Morgan fingerprint density at radius 2 is 2.00 bits per heavy atom. The number of rotatable bonds is 5. The van der Waals surface area contributed by atoms with E-state index in [0.717, 1.165) is 24.8 Å². The molecule has 0 aromatic heterocycles. The molecule has 1 saturated carbocycles. The van der Waals surface area contributed by atoms with E-state index in [2.05, 4.69) is 4.99 Å². The molecule has 1 fully saturated rings. The lowest BCUT2D eigenvalue weighted by Crippen LogP contribution is -2.32. The Bertz CT molecular complexity index is 520. The second-order valence-electron chi connectivity index (χ2n) is 4.59. The number of hydrogen-bond donors (Lipinski definition) is 0. The lowest BCUT2D eigenvalue weighted by molar-refractivity contribution is 0.245. The molecule has 0 saturated heterocycles. The Morgan fingerprint density at radius 3 is 2.42 bits per heavy atom. The van der Waals surface area contributed by atoms with Crippen molar-refractivity contribution in [2.24, 2.45) is 4.99 Å². The van der Waals surface area contributed by atoms with Crippen molar-refractivity contribution in [2.45, 2.75) is 31.5 Å². The van der Waals surface area contributed by atoms with Crippen molar-refractivity contribution in [3.8, 4) is 11.5 Å². The Morgan fingerprint density at radius 1 is 1.32 bits per heavy atom. The van der Waals surface area contributed by atoms with Gasteiger partial charge < -0.3 is 9.47 Å². The molecule has 0 bridgehead atoms. The summed E-state index contributed by atoms with van der Waals surface area (Å²) >= 11 is 0. The lowest BCUT2D eigenvalue weighted by atomic mass is 9.71. The third-order valence-electron chi connectivity index (χ3n) is 3.69. The molecule has 0 radical (unpaired) electrons. The molecule has 102 valence electrons. The van der Waals surface area contributed by atoms with Crippen molar-refractivity contribution in [1.29, 1.82) is 0 Å². The molecule has 1 aliphatic carbocycles. The van der Waals surface area contributed by atoms with Gasteiger partial charge in [0.05, 0.1) is 14.2 Å². The van der Waals surface area contributed by atoms with Crippen molar-refractivity contribution in [3.05, 3.63) is 23.3 Å². The topological polar surface area (TPSA) is 47.9 Å².